The van der Waals surface area contributed by atoms with E-state index in [2.05, 4.69) is 15.6 Å². The van der Waals surface area contributed by atoms with E-state index in [0.29, 0.717) is 11.7 Å². The minimum Gasteiger partial charge on any atom is -0.326 e. The van der Waals surface area contributed by atoms with Crippen LogP contribution in [0.5, 0.6) is 0 Å². The lowest BCUT2D eigenvalue weighted by Crippen LogP contribution is -2.19. The fourth-order valence-corrected chi connectivity index (χ4v) is 1.79. The average molecular weight is 248 g/mol. The van der Waals surface area contributed by atoms with Gasteiger partial charge < -0.3 is 11.1 Å². The number of nitrogens with two attached hydrogens (primary N) is 1. The summed E-state index contributed by atoms with van der Waals surface area (Å²) in [4.78, 5) is 15.5. The molecule has 0 radical (unpaired) electrons. The summed E-state index contributed by atoms with van der Waals surface area (Å²) in [6, 6.07) is 7.06. The molecular formula is C11H12N4OS. The first-order valence-electron chi connectivity index (χ1n) is 5.04. The third-order valence-corrected chi connectivity index (χ3v) is 2.79. The first-order valence-corrected chi connectivity index (χ1v) is 5.92. The maximum Gasteiger partial charge on any atom is 0.325 e. The van der Waals surface area contributed by atoms with Crippen LogP contribution in [-0.2, 0) is 6.54 Å². The molecule has 88 valence electrons. The van der Waals surface area contributed by atoms with Crippen molar-refractivity contribution in [1.82, 2.24) is 4.98 Å². The number of anilines is 2. The molecule has 0 saturated heterocycles. The SMILES string of the molecule is NCc1ccc(NC(=O)Nc2nccs2)cc1. The van der Waals surface area contributed by atoms with Gasteiger partial charge in [-0.05, 0) is 17.7 Å². The monoisotopic (exact) mass is 248 g/mol. The molecule has 0 spiro atoms. The Balaban J connectivity index is 1.93. The molecule has 4 N–H and O–H groups in total. The molecule has 0 bridgehead atoms. The Bertz CT molecular complexity index is 481. The molecule has 2 aromatic rings. The fourth-order valence-electron chi connectivity index (χ4n) is 1.27. The topological polar surface area (TPSA) is 80.0 Å². The number of hydrogen-bond donors (Lipinski definition) is 3. The van der Waals surface area contributed by atoms with Gasteiger partial charge in [0.2, 0.25) is 0 Å². The average Bonchev–Trinajstić information content (AvgIpc) is 2.82. The Kier molecular flexibility index (Phi) is 3.69. The number of nitrogens with one attached hydrogen (secondary N) is 2. The van der Waals surface area contributed by atoms with Crippen LogP contribution in [0.25, 0.3) is 0 Å². The Morgan fingerprint density at radius 3 is 2.65 bits per heavy atom. The number of rotatable bonds is 3. The molecule has 0 aliphatic carbocycles. The molecule has 1 heterocycles. The Morgan fingerprint density at radius 1 is 1.29 bits per heavy atom. The summed E-state index contributed by atoms with van der Waals surface area (Å²) < 4.78 is 0. The lowest BCUT2D eigenvalue weighted by Gasteiger charge is -2.05. The number of benzene rings is 1. The predicted molar refractivity (Wildman–Crippen MR) is 69.1 cm³/mol. The number of hydrogen-bond acceptors (Lipinski definition) is 4. The van der Waals surface area contributed by atoms with Gasteiger partial charge in [-0.25, -0.2) is 9.78 Å². The quantitative estimate of drug-likeness (QED) is 0.779. The molecule has 0 fully saturated rings. The Morgan fingerprint density at radius 2 is 2.06 bits per heavy atom. The van der Waals surface area contributed by atoms with E-state index >= 15 is 0 Å². The van der Waals surface area contributed by atoms with E-state index in [0.717, 1.165) is 11.3 Å². The van der Waals surface area contributed by atoms with Gasteiger partial charge in [-0.2, -0.15) is 0 Å². The number of thiazole rings is 1. The molecular weight excluding hydrogens is 236 g/mol. The highest BCUT2D eigenvalue weighted by Gasteiger charge is 2.03. The van der Waals surface area contributed by atoms with Crippen molar-refractivity contribution in [3.63, 3.8) is 0 Å². The zero-order valence-electron chi connectivity index (χ0n) is 9.01. The minimum absolute atomic E-state index is 0.305. The second-order valence-corrected chi connectivity index (χ2v) is 4.21. The van der Waals surface area contributed by atoms with Crippen molar-refractivity contribution in [3.8, 4) is 0 Å². The number of aromatic nitrogens is 1. The number of amides is 2. The number of carbonyl (C=O) groups is 1. The van der Waals surface area contributed by atoms with E-state index in [4.69, 9.17) is 5.73 Å². The molecule has 2 rings (SSSR count). The van der Waals surface area contributed by atoms with E-state index in [1.165, 1.54) is 11.3 Å². The molecule has 1 aromatic heterocycles. The van der Waals surface area contributed by atoms with Crippen LogP contribution in [0.15, 0.2) is 35.8 Å². The molecule has 0 saturated carbocycles. The molecule has 2 amide bonds. The van der Waals surface area contributed by atoms with E-state index in [-0.39, 0.29) is 6.03 Å². The molecule has 0 aliphatic heterocycles. The largest absolute Gasteiger partial charge is 0.326 e. The summed E-state index contributed by atoms with van der Waals surface area (Å²) in [6.07, 6.45) is 1.64. The van der Waals surface area contributed by atoms with Crippen molar-refractivity contribution >= 4 is 28.2 Å². The van der Waals surface area contributed by atoms with E-state index in [1.807, 2.05) is 24.3 Å². The Hall–Kier alpha value is -1.92. The van der Waals surface area contributed by atoms with Gasteiger partial charge in [0.25, 0.3) is 0 Å². The highest BCUT2D eigenvalue weighted by molar-refractivity contribution is 7.13. The van der Waals surface area contributed by atoms with Crippen LogP contribution in [0.2, 0.25) is 0 Å². The third kappa shape index (κ3) is 3.27. The second-order valence-electron chi connectivity index (χ2n) is 3.32. The summed E-state index contributed by atoms with van der Waals surface area (Å²) in [5.41, 5.74) is 7.23. The predicted octanol–water partition coefficient (Wildman–Crippen LogP) is 2.25. The van der Waals surface area contributed by atoms with Crippen molar-refractivity contribution in [2.45, 2.75) is 6.54 Å². The zero-order chi connectivity index (χ0) is 12.1. The van der Waals surface area contributed by atoms with Gasteiger partial charge in [-0.3, -0.25) is 5.32 Å². The van der Waals surface area contributed by atoms with Gasteiger partial charge >= 0.3 is 6.03 Å². The van der Waals surface area contributed by atoms with Crippen molar-refractivity contribution in [2.24, 2.45) is 5.73 Å². The smallest absolute Gasteiger partial charge is 0.325 e. The summed E-state index contributed by atoms with van der Waals surface area (Å²) in [6.45, 7) is 0.492. The number of urea groups is 1. The molecule has 0 aliphatic rings. The van der Waals surface area contributed by atoms with Gasteiger partial charge in [-0.1, -0.05) is 12.1 Å². The van der Waals surface area contributed by atoms with Crippen LogP contribution in [-0.4, -0.2) is 11.0 Å². The first kappa shape index (κ1) is 11.6. The zero-order valence-corrected chi connectivity index (χ0v) is 9.83. The maximum absolute atomic E-state index is 11.6. The molecule has 0 atom stereocenters. The van der Waals surface area contributed by atoms with Crippen molar-refractivity contribution in [2.75, 3.05) is 10.6 Å². The van der Waals surface area contributed by atoms with Crippen molar-refractivity contribution in [1.29, 1.82) is 0 Å². The second kappa shape index (κ2) is 5.42. The normalized spacial score (nSPS) is 9.94. The third-order valence-electron chi connectivity index (χ3n) is 2.10. The highest BCUT2D eigenvalue weighted by atomic mass is 32.1. The highest BCUT2D eigenvalue weighted by Crippen LogP contribution is 2.12. The first-order chi connectivity index (χ1) is 8.28. The van der Waals surface area contributed by atoms with Gasteiger partial charge in [0.05, 0.1) is 0 Å². The lowest BCUT2D eigenvalue weighted by atomic mass is 10.2. The summed E-state index contributed by atoms with van der Waals surface area (Å²) >= 11 is 1.37. The van der Waals surface area contributed by atoms with Crippen LogP contribution in [0.3, 0.4) is 0 Å². The summed E-state index contributed by atoms with van der Waals surface area (Å²) in [5, 5.41) is 7.71. The maximum atomic E-state index is 11.6. The minimum atomic E-state index is -0.305. The van der Waals surface area contributed by atoms with Crippen molar-refractivity contribution < 1.29 is 4.79 Å². The molecule has 17 heavy (non-hydrogen) atoms. The van der Waals surface area contributed by atoms with E-state index in [9.17, 15) is 4.79 Å². The van der Waals surface area contributed by atoms with Gasteiger partial charge in [0.1, 0.15) is 0 Å². The number of carbonyl (C=O) groups excluding carboxylic acids is 1. The molecule has 5 nitrogen and oxygen atoms in total. The van der Waals surface area contributed by atoms with E-state index < -0.39 is 0 Å². The lowest BCUT2D eigenvalue weighted by molar-refractivity contribution is 0.262. The standard InChI is InChI=1S/C11H12N4OS/c12-7-8-1-3-9(4-2-8)14-10(16)15-11-13-5-6-17-11/h1-6H,7,12H2,(H2,13,14,15,16). The fraction of sp³-hybridized carbons (Fsp3) is 0.0909. The van der Waals surface area contributed by atoms with E-state index in [1.54, 1.807) is 11.6 Å². The Labute approximate surface area is 103 Å². The van der Waals surface area contributed by atoms with Crippen LogP contribution in [0.4, 0.5) is 15.6 Å². The van der Waals surface area contributed by atoms with Crippen LogP contribution < -0.4 is 16.4 Å². The van der Waals surface area contributed by atoms with Crippen LogP contribution in [0.1, 0.15) is 5.56 Å². The molecule has 0 unspecified atom stereocenters. The van der Waals surface area contributed by atoms with Crippen LogP contribution in [0, 0.1) is 0 Å². The summed E-state index contributed by atoms with van der Waals surface area (Å²) in [5.74, 6) is 0. The molecule has 1 aromatic carbocycles. The van der Waals surface area contributed by atoms with Gasteiger partial charge in [0.15, 0.2) is 5.13 Å². The van der Waals surface area contributed by atoms with Crippen LogP contribution >= 0.6 is 11.3 Å². The van der Waals surface area contributed by atoms with Gasteiger partial charge in [-0.15, -0.1) is 11.3 Å². The summed E-state index contributed by atoms with van der Waals surface area (Å²) in [7, 11) is 0. The molecule has 6 heteroatoms. The number of nitrogens with zero attached hydrogens (tertiary/aromatic N) is 1. The van der Waals surface area contributed by atoms with Crippen molar-refractivity contribution in [3.05, 3.63) is 41.4 Å². The van der Waals surface area contributed by atoms with Gasteiger partial charge in [0, 0.05) is 23.8 Å².